The summed E-state index contributed by atoms with van der Waals surface area (Å²) >= 11 is 0. The summed E-state index contributed by atoms with van der Waals surface area (Å²) in [4.78, 5) is 0. The molecular formula is C19H20F3NO2. The summed E-state index contributed by atoms with van der Waals surface area (Å²) in [5.74, 6) is 0.274. The van der Waals surface area contributed by atoms with Gasteiger partial charge in [-0.3, -0.25) is 0 Å². The minimum atomic E-state index is -4.67. The first-order chi connectivity index (χ1) is 12.0. The molecule has 1 saturated carbocycles. The molecule has 1 aromatic rings. The number of benzene rings is 1. The summed E-state index contributed by atoms with van der Waals surface area (Å²) in [6, 6.07) is 7.69. The lowest BCUT2D eigenvalue weighted by Gasteiger charge is -2.26. The van der Waals surface area contributed by atoms with Gasteiger partial charge in [-0.25, -0.2) is 0 Å². The van der Waals surface area contributed by atoms with Crippen LogP contribution in [0.4, 0.5) is 13.2 Å². The predicted octanol–water partition coefficient (Wildman–Crippen LogP) is 5.30. The van der Waals surface area contributed by atoms with Crippen LogP contribution in [0.15, 0.2) is 48.6 Å². The molecule has 0 bridgehead atoms. The minimum absolute atomic E-state index is 0.172. The Balaban J connectivity index is 1.71. The maximum atomic E-state index is 12.1. The minimum Gasteiger partial charge on any atom is -0.406 e. The van der Waals surface area contributed by atoms with Crippen LogP contribution in [0, 0.1) is 17.2 Å². The molecule has 1 aromatic carbocycles. The molecule has 1 aliphatic carbocycles. The Morgan fingerprint density at radius 3 is 2.36 bits per heavy atom. The fraction of sp³-hybridized carbons (Fsp3) is 0.421. The molecule has 6 heteroatoms. The molecule has 1 aliphatic rings. The molecule has 0 amide bonds. The van der Waals surface area contributed by atoms with Crippen molar-refractivity contribution in [1.29, 1.82) is 5.26 Å². The average Bonchev–Trinajstić information content (AvgIpc) is 2.58. The second-order valence-electron chi connectivity index (χ2n) is 5.91. The highest BCUT2D eigenvalue weighted by molar-refractivity contribution is 5.27. The molecule has 2 rings (SSSR count). The van der Waals surface area contributed by atoms with Crippen LogP contribution in [0.3, 0.4) is 0 Å². The van der Waals surface area contributed by atoms with E-state index in [9.17, 15) is 13.2 Å². The monoisotopic (exact) mass is 351 g/mol. The first kappa shape index (κ1) is 19.1. The second kappa shape index (κ2) is 9.28. The number of rotatable bonds is 6. The summed E-state index contributed by atoms with van der Waals surface area (Å²) in [6.45, 7) is 0.377. The Hall–Kier alpha value is -2.26. The number of allylic oxidation sites excluding steroid dienone is 4. The largest absolute Gasteiger partial charge is 0.573 e. The van der Waals surface area contributed by atoms with Crippen LogP contribution in [0.1, 0.15) is 31.2 Å². The van der Waals surface area contributed by atoms with Crippen LogP contribution in [-0.2, 0) is 11.3 Å². The fourth-order valence-corrected chi connectivity index (χ4v) is 2.77. The maximum Gasteiger partial charge on any atom is 0.573 e. The lowest BCUT2D eigenvalue weighted by Crippen LogP contribution is -2.20. The number of ether oxygens (including phenoxy) is 2. The molecule has 0 aliphatic heterocycles. The van der Waals surface area contributed by atoms with Crippen molar-refractivity contribution >= 4 is 0 Å². The van der Waals surface area contributed by atoms with E-state index >= 15 is 0 Å². The Bertz CT molecular complexity index is 622. The maximum absolute atomic E-state index is 12.1. The summed E-state index contributed by atoms with van der Waals surface area (Å²) in [5, 5.41) is 8.41. The summed E-state index contributed by atoms with van der Waals surface area (Å²) in [6.07, 6.45) is 6.65. The zero-order valence-corrected chi connectivity index (χ0v) is 13.7. The van der Waals surface area contributed by atoms with Gasteiger partial charge in [-0.1, -0.05) is 30.4 Å². The van der Waals surface area contributed by atoms with E-state index in [4.69, 9.17) is 10.00 Å². The smallest absolute Gasteiger partial charge is 0.406 e. The van der Waals surface area contributed by atoms with E-state index < -0.39 is 6.36 Å². The molecule has 134 valence electrons. The summed E-state index contributed by atoms with van der Waals surface area (Å²) < 4.78 is 46.0. The van der Waals surface area contributed by atoms with E-state index in [-0.39, 0.29) is 11.9 Å². The number of hydrogen-bond acceptors (Lipinski definition) is 3. The molecule has 0 N–H and O–H groups in total. The zero-order chi connectivity index (χ0) is 18.1. The van der Waals surface area contributed by atoms with Crippen molar-refractivity contribution in [2.45, 2.75) is 44.8 Å². The van der Waals surface area contributed by atoms with E-state index in [2.05, 4.69) is 10.8 Å². The number of hydrogen-bond donors (Lipinski definition) is 0. The Morgan fingerprint density at radius 1 is 1.08 bits per heavy atom. The normalized spacial score (nSPS) is 21.5. The van der Waals surface area contributed by atoms with Crippen LogP contribution in [0.2, 0.25) is 0 Å². The van der Waals surface area contributed by atoms with Crippen molar-refractivity contribution in [2.75, 3.05) is 0 Å². The van der Waals surface area contributed by atoms with Gasteiger partial charge in [0.1, 0.15) is 5.75 Å². The van der Waals surface area contributed by atoms with Crippen molar-refractivity contribution in [3.63, 3.8) is 0 Å². The molecule has 25 heavy (non-hydrogen) atoms. The molecule has 0 aromatic heterocycles. The molecule has 0 heterocycles. The van der Waals surface area contributed by atoms with Crippen molar-refractivity contribution in [3.8, 4) is 11.8 Å². The van der Waals surface area contributed by atoms with E-state index in [1.807, 2.05) is 12.1 Å². The number of nitrogens with zero attached hydrogens (tertiary/aromatic N) is 1. The van der Waals surface area contributed by atoms with E-state index in [0.717, 1.165) is 31.2 Å². The highest BCUT2D eigenvalue weighted by atomic mass is 19.4. The number of alkyl halides is 3. The topological polar surface area (TPSA) is 42.2 Å². The van der Waals surface area contributed by atoms with Gasteiger partial charge in [0, 0.05) is 6.08 Å². The van der Waals surface area contributed by atoms with E-state index in [1.165, 1.54) is 18.2 Å². The van der Waals surface area contributed by atoms with E-state index in [1.54, 1.807) is 18.2 Å². The van der Waals surface area contributed by atoms with Crippen LogP contribution >= 0.6 is 0 Å². The lowest BCUT2D eigenvalue weighted by molar-refractivity contribution is -0.274. The van der Waals surface area contributed by atoms with Gasteiger partial charge in [-0.05, 0) is 49.3 Å². The molecule has 0 atom stereocenters. The highest BCUT2D eigenvalue weighted by Crippen LogP contribution is 2.28. The van der Waals surface area contributed by atoms with Gasteiger partial charge in [0.05, 0.1) is 18.8 Å². The zero-order valence-electron chi connectivity index (χ0n) is 13.7. The molecule has 0 spiro atoms. The van der Waals surface area contributed by atoms with Gasteiger partial charge in [-0.15, -0.1) is 13.2 Å². The fourth-order valence-electron chi connectivity index (χ4n) is 2.77. The highest BCUT2D eigenvalue weighted by Gasteiger charge is 2.31. The average molecular weight is 351 g/mol. The molecule has 1 fully saturated rings. The van der Waals surface area contributed by atoms with Crippen LogP contribution in [0.25, 0.3) is 0 Å². The summed E-state index contributed by atoms with van der Waals surface area (Å²) in [7, 11) is 0. The lowest BCUT2D eigenvalue weighted by atomic mass is 9.87. The predicted molar refractivity (Wildman–Crippen MR) is 87.6 cm³/mol. The Kier molecular flexibility index (Phi) is 7.08. The van der Waals surface area contributed by atoms with Gasteiger partial charge < -0.3 is 9.47 Å². The van der Waals surface area contributed by atoms with Crippen molar-refractivity contribution in [3.05, 3.63) is 54.1 Å². The number of halogens is 3. The quantitative estimate of drug-likeness (QED) is 0.516. The molecular weight excluding hydrogens is 331 g/mol. The van der Waals surface area contributed by atoms with E-state index in [0.29, 0.717) is 12.5 Å². The van der Waals surface area contributed by atoms with Crippen LogP contribution in [0.5, 0.6) is 5.75 Å². The number of nitriles is 1. The molecule has 3 nitrogen and oxygen atoms in total. The van der Waals surface area contributed by atoms with Crippen molar-refractivity contribution in [1.82, 2.24) is 0 Å². The van der Waals surface area contributed by atoms with Gasteiger partial charge in [0.2, 0.25) is 0 Å². The third-order valence-corrected chi connectivity index (χ3v) is 4.03. The van der Waals surface area contributed by atoms with Crippen molar-refractivity contribution < 1.29 is 22.6 Å². The standard InChI is InChI=1S/C19H20F3NO2/c20-19(21,22)25-18-11-7-16(8-12-18)14-24-17-9-5-15(6-10-17)4-2-1-3-13-23/h1-4,7-8,11-12,15,17H,5-6,9-10,14H2/b3-1+,4-2+. The van der Waals surface area contributed by atoms with Crippen LogP contribution < -0.4 is 4.74 Å². The van der Waals surface area contributed by atoms with Gasteiger partial charge in [0.15, 0.2) is 0 Å². The first-order valence-corrected chi connectivity index (χ1v) is 8.15. The molecule has 0 saturated heterocycles. The first-order valence-electron chi connectivity index (χ1n) is 8.15. The third kappa shape index (κ3) is 7.44. The third-order valence-electron chi connectivity index (χ3n) is 4.03. The second-order valence-corrected chi connectivity index (χ2v) is 5.91. The molecule has 0 radical (unpaired) electrons. The Labute approximate surface area is 145 Å². The van der Waals surface area contributed by atoms with Crippen molar-refractivity contribution in [2.24, 2.45) is 5.92 Å². The van der Waals surface area contributed by atoms with Gasteiger partial charge in [-0.2, -0.15) is 5.26 Å². The van der Waals surface area contributed by atoms with Gasteiger partial charge >= 0.3 is 6.36 Å². The van der Waals surface area contributed by atoms with Gasteiger partial charge in [0.25, 0.3) is 0 Å². The molecule has 0 unspecified atom stereocenters. The Morgan fingerprint density at radius 2 is 1.76 bits per heavy atom. The summed E-state index contributed by atoms with van der Waals surface area (Å²) in [5.41, 5.74) is 0.818. The van der Waals surface area contributed by atoms with Crippen LogP contribution in [-0.4, -0.2) is 12.5 Å². The SMILES string of the molecule is N#C/C=C/C=C/C1CCC(OCc2ccc(OC(F)(F)F)cc2)CC1.